The Labute approximate surface area is 231 Å². The van der Waals surface area contributed by atoms with Crippen LogP contribution in [0.1, 0.15) is 17.4 Å². The average Bonchev–Trinajstić information content (AvgIpc) is 3.64. The van der Waals surface area contributed by atoms with E-state index in [2.05, 4.69) is 21.1 Å². The molecule has 1 aliphatic heterocycles. The number of hydrogen-bond donors (Lipinski definition) is 0. The standard InChI is InChI=1S/C30H28N8O2/c1-35-20-24(18-34-35)23-14-26(38-25(16-31)19-33-28(38)15-23)22-8-9-27(32-17-22)36-10-12-37(13-11-36)30(39)29(40-2)21-6-4-3-5-7-21/h3-9,14-15,17-20,29H,10-13H2,1-2H3/t29-/m1/s1. The van der Waals surface area contributed by atoms with Crippen LogP contribution in [0.4, 0.5) is 5.82 Å². The molecule has 1 amide bonds. The number of anilines is 1. The number of ether oxygens (including phenoxy) is 1. The van der Waals surface area contributed by atoms with Crippen LogP contribution in [-0.2, 0) is 16.6 Å². The van der Waals surface area contributed by atoms with E-state index in [0.29, 0.717) is 37.5 Å². The van der Waals surface area contributed by atoms with Crippen LogP contribution in [0.2, 0.25) is 0 Å². The first-order valence-electron chi connectivity index (χ1n) is 13.0. The highest BCUT2D eigenvalue weighted by Crippen LogP contribution is 2.30. The summed E-state index contributed by atoms with van der Waals surface area (Å²) in [6, 6.07) is 19.8. The van der Waals surface area contributed by atoms with Gasteiger partial charge in [-0.05, 0) is 35.4 Å². The molecule has 40 heavy (non-hydrogen) atoms. The van der Waals surface area contributed by atoms with E-state index in [1.165, 1.54) is 0 Å². The Balaban J connectivity index is 1.22. The predicted molar refractivity (Wildman–Crippen MR) is 150 cm³/mol. The Bertz CT molecular complexity index is 1690. The molecule has 0 unspecified atom stereocenters. The second-order valence-electron chi connectivity index (χ2n) is 9.72. The van der Waals surface area contributed by atoms with Gasteiger partial charge in [-0.25, -0.2) is 9.97 Å². The maximum atomic E-state index is 13.2. The lowest BCUT2D eigenvalue weighted by Crippen LogP contribution is -2.50. The van der Waals surface area contributed by atoms with E-state index in [9.17, 15) is 10.1 Å². The van der Waals surface area contributed by atoms with Gasteiger partial charge in [-0.15, -0.1) is 0 Å². The molecule has 200 valence electrons. The maximum absolute atomic E-state index is 13.2. The number of fused-ring (bicyclic) bond motifs is 1. The van der Waals surface area contributed by atoms with E-state index in [-0.39, 0.29) is 5.91 Å². The summed E-state index contributed by atoms with van der Waals surface area (Å²) in [5.41, 5.74) is 5.61. The summed E-state index contributed by atoms with van der Waals surface area (Å²) in [5, 5.41) is 14.0. The predicted octanol–water partition coefficient (Wildman–Crippen LogP) is 3.70. The van der Waals surface area contributed by atoms with E-state index in [0.717, 1.165) is 33.8 Å². The summed E-state index contributed by atoms with van der Waals surface area (Å²) in [6.07, 6.45) is 6.56. The first-order chi connectivity index (χ1) is 19.6. The highest BCUT2D eigenvalue weighted by Gasteiger charge is 2.29. The van der Waals surface area contributed by atoms with Gasteiger partial charge in [0, 0.05) is 63.9 Å². The third-order valence-electron chi connectivity index (χ3n) is 7.28. The zero-order valence-electron chi connectivity index (χ0n) is 22.3. The molecule has 1 atom stereocenters. The fraction of sp³-hybridized carbons (Fsp3) is 0.233. The summed E-state index contributed by atoms with van der Waals surface area (Å²) in [5.74, 6) is 0.816. The number of rotatable bonds is 6. The fourth-order valence-electron chi connectivity index (χ4n) is 5.20. The molecule has 0 radical (unpaired) electrons. The Morgan fingerprint density at radius 1 is 0.950 bits per heavy atom. The number of nitriles is 1. The van der Waals surface area contributed by atoms with Crippen molar-refractivity contribution in [1.82, 2.24) is 29.0 Å². The van der Waals surface area contributed by atoms with Crippen LogP contribution in [0, 0.1) is 11.3 Å². The molecule has 5 heterocycles. The van der Waals surface area contributed by atoms with Crippen molar-refractivity contribution in [3.05, 3.63) is 90.6 Å². The quantitative estimate of drug-likeness (QED) is 0.328. The number of hydrogen-bond acceptors (Lipinski definition) is 7. The number of carbonyl (C=O) groups excluding carboxylic acids is 1. The second-order valence-corrected chi connectivity index (χ2v) is 9.72. The van der Waals surface area contributed by atoms with Gasteiger partial charge in [0.05, 0.1) is 18.1 Å². The van der Waals surface area contributed by atoms with Crippen molar-refractivity contribution < 1.29 is 9.53 Å². The van der Waals surface area contributed by atoms with E-state index >= 15 is 0 Å². The number of methoxy groups -OCH3 is 1. The molecular formula is C30H28N8O2. The molecule has 0 aliphatic carbocycles. The van der Waals surface area contributed by atoms with Gasteiger partial charge in [0.2, 0.25) is 0 Å². The van der Waals surface area contributed by atoms with Crippen molar-refractivity contribution in [3.63, 3.8) is 0 Å². The average molecular weight is 533 g/mol. The first kappa shape index (κ1) is 25.3. The van der Waals surface area contributed by atoms with Gasteiger partial charge in [-0.1, -0.05) is 30.3 Å². The summed E-state index contributed by atoms with van der Waals surface area (Å²) < 4.78 is 9.15. The maximum Gasteiger partial charge on any atom is 0.256 e. The fourth-order valence-corrected chi connectivity index (χ4v) is 5.20. The topological polar surface area (TPSA) is 105 Å². The van der Waals surface area contributed by atoms with E-state index in [1.54, 1.807) is 18.0 Å². The minimum absolute atomic E-state index is 0.0252. The van der Waals surface area contributed by atoms with Gasteiger partial charge in [0.1, 0.15) is 23.2 Å². The molecule has 0 saturated carbocycles. The van der Waals surface area contributed by atoms with Crippen LogP contribution in [0.3, 0.4) is 0 Å². The number of piperazine rings is 1. The third kappa shape index (κ3) is 4.67. The van der Waals surface area contributed by atoms with E-state index in [4.69, 9.17) is 9.72 Å². The van der Waals surface area contributed by atoms with Crippen molar-refractivity contribution in [2.45, 2.75) is 6.10 Å². The van der Waals surface area contributed by atoms with Gasteiger partial charge >= 0.3 is 0 Å². The molecule has 1 aliphatic rings. The summed E-state index contributed by atoms with van der Waals surface area (Å²) in [6.45, 7) is 2.51. The van der Waals surface area contributed by atoms with Gasteiger partial charge in [-0.3, -0.25) is 13.9 Å². The molecule has 6 rings (SSSR count). The molecule has 5 aromatic rings. The molecule has 0 bridgehead atoms. The van der Waals surface area contributed by atoms with Gasteiger partial charge in [-0.2, -0.15) is 10.4 Å². The number of imidazole rings is 1. The molecule has 1 aromatic carbocycles. The summed E-state index contributed by atoms with van der Waals surface area (Å²) >= 11 is 0. The Kier molecular flexibility index (Phi) is 6.72. The lowest BCUT2D eigenvalue weighted by molar-refractivity contribution is -0.142. The van der Waals surface area contributed by atoms with Crippen molar-refractivity contribution >= 4 is 17.4 Å². The second kappa shape index (κ2) is 10.6. The Hall–Kier alpha value is -5.01. The van der Waals surface area contributed by atoms with E-state index in [1.807, 2.05) is 89.5 Å². The zero-order chi connectivity index (χ0) is 27.6. The van der Waals surface area contributed by atoms with Gasteiger partial charge in [0.25, 0.3) is 5.91 Å². The van der Waals surface area contributed by atoms with Crippen LogP contribution in [-0.4, -0.2) is 68.2 Å². The van der Waals surface area contributed by atoms with Crippen molar-refractivity contribution in [2.24, 2.45) is 7.05 Å². The number of benzene rings is 1. The molecule has 4 aromatic heterocycles. The minimum Gasteiger partial charge on any atom is -0.367 e. The lowest BCUT2D eigenvalue weighted by atomic mass is 10.1. The number of aromatic nitrogens is 5. The lowest BCUT2D eigenvalue weighted by Gasteiger charge is -2.36. The Morgan fingerprint density at radius 3 is 2.40 bits per heavy atom. The zero-order valence-corrected chi connectivity index (χ0v) is 22.3. The monoisotopic (exact) mass is 532 g/mol. The Morgan fingerprint density at radius 2 is 1.75 bits per heavy atom. The number of aryl methyl sites for hydroxylation is 1. The molecule has 10 heteroatoms. The molecule has 1 saturated heterocycles. The van der Waals surface area contributed by atoms with Crippen molar-refractivity contribution in [2.75, 3.05) is 38.2 Å². The highest BCUT2D eigenvalue weighted by molar-refractivity contribution is 5.82. The molecule has 10 nitrogen and oxygen atoms in total. The molecule has 0 N–H and O–H groups in total. The van der Waals surface area contributed by atoms with Crippen LogP contribution >= 0.6 is 0 Å². The third-order valence-corrected chi connectivity index (χ3v) is 7.28. The van der Waals surface area contributed by atoms with Gasteiger partial charge in [0.15, 0.2) is 6.10 Å². The highest BCUT2D eigenvalue weighted by atomic mass is 16.5. The van der Waals surface area contributed by atoms with Crippen molar-refractivity contribution in [3.8, 4) is 28.5 Å². The molecule has 1 fully saturated rings. The summed E-state index contributed by atoms with van der Waals surface area (Å²) in [7, 11) is 3.45. The van der Waals surface area contributed by atoms with Crippen LogP contribution in [0.15, 0.2) is 79.4 Å². The first-order valence-corrected chi connectivity index (χ1v) is 13.0. The largest absolute Gasteiger partial charge is 0.367 e. The van der Waals surface area contributed by atoms with Gasteiger partial charge < -0.3 is 14.5 Å². The molecule has 0 spiro atoms. The number of nitrogens with zero attached hydrogens (tertiary/aromatic N) is 8. The van der Waals surface area contributed by atoms with E-state index < -0.39 is 6.10 Å². The van der Waals surface area contributed by atoms with Crippen molar-refractivity contribution in [1.29, 1.82) is 5.26 Å². The number of carbonyl (C=O) groups is 1. The number of amides is 1. The minimum atomic E-state index is -0.606. The molecular weight excluding hydrogens is 504 g/mol. The smallest absolute Gasteiger partial charge is 0.256 e. The van der Waals surface area contributed by atoms with Crippen LogP contribution < -0.4 is 4.90 Å². The summed E-state index contributed by atoms with van der Waals surface area (Å²) in [4.78, 5) is 26.4. The number of pyridine rings is 2. The van der Waals surface area contributed by atoms with Crippen LogP contribution in [0.5, 0.6) is 0 Å². The van der Waals surface area contributed by atoms with Crippen LogP contribution in [0.25, 0.3) is 28.0 Å². The SMILES string of the molecule is CO[C@@H](C(=O)N1CCN(c2ccc(-c3cc(-c4cnn(C)c4)cc4ncc(C#N)n34)cn2)CC1)c1ccccc1. The normalized spacial score (nSPS) is 14.3.